The fraction of sp³-hybridized carbons (Fsp3) is 0.843. The standard InChI is InChI=1S/C51H95NO5/c1-3-5-7-9-11-13-15-17-19-20-21-23-27-31-35-39-43-49(54)48(47-53)52-50(55)44-40-36-32-28-25-26-30-34-38-42-46-57-51(56)45-41-37-33-29-24-22-18-16-14-12-10-8-6-4-2/h10,12,16,18,39,43,48-49,53-54H,3-9,11,13-15,17,19-38,40-42,44-47H2,1-2H3,(H,52,55)/b12-10-,18-16-,43-39+. The van der Waals surface area contributed by atoms with Crippen LogP contribution in [-0.2, 0) is 14.3 Å². The van der Waals surface area contributed by atoms with Crippen molar-refractivity contribution in [3.63, 3.8) is 0 Å². The van der Waals surface area contributed by atoms with Crippen LogP contribution < -0.4 is 5.32 Å². The Balaban J connectivity index is 3.54. The first-order valence-corrected chi connectivity index (χ1v) is 24.8. The lowest BCUT2D eigenvalue weighted by Crippen LogP contribution is -2.45. The lowest BCUT2D eigenvalue weighted by atomic mass is 10.0. The maximum atomic E-state index is 12.4. The molecule has 1 amide bonds. The largest absolute Gasteiger partial charge is 0.466 e. The van der Waals surface area contributed by atoms with Crippen molar-refractivity contribution in [1.29, 1.82) is 0 Å². The second-order valence-electron chi connectivity index (χ2n) is 16.8. The highest BCUT2D eigenvalue weighted by Gasteiger charge is 2.18. The summed E-state index contributed by atoms with van der Waals surface area (Å²) in [6.45, 7) is 4.80. The number of aliphatic hydroxyl groups excluding tert-OH is 2. The molecule has 6 heteroatoms. The van der Waals surface area contributed by atoms with E-state index in [1.165, 1.54) is 154 Å². The molecule has 0 saturated carbocycles. The molecule has 334 valence electrons. The van der Waals surface area contributed by atoms with E-state index in [0.717, 1.165) is 70.6 Å². The maximum absolute atomic E-state index is 12.4. The minimum absolute atomic E-state index is 0.0360. The van der Waals surface area contributed by atoms with E-state index in [1.54, 1.807) is 6.08 Å². The molecule has 0 aliphatic rings. The Morgan fingerprint density at radius 2 is 0.895 bits per heavy atom. The van der Waals surface area contributed by atoms with Gasteiger partial charge in [-0.25, -0.2) is 0 Å². The van der Waals surface area contributed by atoms with Gasteiger partial charge in [-0.2, -0.15) is 0 Å². The van der Waals surface area contributed by atoms with Gasteiger partial charge in [0.05, 0.1) is 25.4 Å². The number of allylic oxidation sites excluding steroid dienone is 5. The third-order valence-corrected chi connectivity index (χ3v) is 11.2. The first-order valence-electron chi connectivity index (χ1n) is 24.8. The lowest BCUT2D eigenvalue weighted by molar-refractivity contribution is -0.143. The molecule has 6 nitrogen and oxygen atoms in total. The van der Waals surface area contributed by atoms with Crippen LogP contribution in [0.15, 0.2) is 36.5 Å². The number of carbonyl (C=O) groups is 2. The van der Waals surface area contributed by atoms with Gasteiger partial charge in [0, 0.05) is 12.8 Å². The van der Waals surface area contributed by atoms with Crippen LogP contribution in [0.2, 0.25) is 0 Å². The third-order valence-electron chi connectivity index (χ3n) is 11.2. The fourth-order valence-corrected chi connectivity index (χ4v) is 7.30. The molecule has 0 bridgehead atoms. The first-order chi connectivity index (χ1) is 28.0. The average Bonchev–Trinajstić information content (AvgIpc) is 3.21. The van der Waals surface area contributed by atoms with Crippen molar-refractivity contribution in [2.24, 2.45) is 0 Å². The number of hydrogen-bond acceptors (Lipinski definition) is 5. The van der Waals surface area contributed by atoms with Gasteiger partial charge in [-0.05, 0) is 57.8 Å². The average molecular weight is 802 g/mol. The van der Waals surface area contributed by atoms with Crippen LogP contribution in [0.3, 0.4) is 0 Å². The number of unbranched alkanes of at least 4 members (excludes halogenated alkanes) is 30. The second kappa shape index (κ2) is 46.8. The summed E-state index contributed by atoms with van der Waals surface area (Å²) in [6, 6.07) is -0.645. The number of aliphatic hydroxyl groups is 2. The van der Waals surface area contributed by atoms with Crippen molar-refractivity contribution in [2.45, 2.75) is 264 Å². The van der Waals surface area contributed by atoms with Crippen molar-refractivity contribution in [1.82, 2.24) is 5.32 Å². The second-order valence-corrected chi connectivity index (χ2v) is 16.8. The van der Waals surface area contributed by atoms with Crippen LogP contribution in [-0.4, -0.2) is 47.4 Å². The van der Waals surface area contributed by atoms with E-state index in [2.05, 4.69) is 43.5 Å². The topological polar surface area (TPSA) is 95.9 Å². The summed E-state index contributed by atoms with van der Waals surface area (Å²) in [7, 11) is 0. The fourth-order valence-electron chi connectivity index (χ4n) is 7.30. The highest BCUT2D eigenvalue weighted by molar-refractivity contribution is 5.76. The monoisotopic (exact) mass is 802 g/mol. The highest BCUT2D eigenvalue weighted by atomic mass is 16.5. The molecule has 0 heterocycles. The highest BCUT2D eigenvalue weighted by Crippen LogP contribution is 2.15. The van der Waals surface area contributed by atoms with Gasteiger partial charge in [0.15, 0.2) is 0 Å². The number of hydrogen-bond donors (Lipinski definition) is 3. The number of esters is 1. The third kappa shape index (κ3) is 43.5. The van der Waals surface area contributed by atoms with E-state index in [4.69, 9.17) is 4.74 Å². The van der Waals surface area contributed by atoms with Gasteiger partial charge in [0.2, 0.25) is 5.91 Å². The summed E-state index contributed by atoms with van der Waals surface area (Å²) in [5.41, 5.74) is 0. The van der Waals surface area contributed by atoms with Crippen molar-refractivity contribution < 1.29 is 24.5 Å². The Morgan fingerprint density at radius 1 is 0.491 bits per heavy atom. The van der Waals surface area contributed by atoms with E-state index in [-0.39, 0.29) is 18.5 Å². The Morgan fingerprint density at radius 3 is 1.39 bits per heavy atom. The van der Waals surface area contributed by atoms with Crippen molar-refractivity contribution in [3.05, 3.63) is 36.5 Å². The Bertz CT molecular complexity index is 931. The lowest BCUT2D eigenvalue weighted by Gasteiger charge is -2.20. The van der Waals surface area contributed by atoms with E-state index in [9.17, 15) is 19.8 Å². The first kappa shape index (κ1) is 55.1. The molecule has 0 aromatic carbocycles. The van der Waals surface area contributed by atoms with Crippen LogP contribution in [0.25, 0.3) is 0 Å². The molecule has 2 atom stereocenters. The van der Waals surface area contributed by atoms with E-state index in [1.807, 2.05) is 6.08 Å². The molecule has 0 aliphatic carbocycles. The zero-order valence-corrected chi connectivity index (χ0v) is 37.8. The van der Waals surface area contributed by atoms with Crippen LogP contribution in [0.4, 0.5) is 0 Å². The molecular weight excluding hydrogens is 707 g/mol. The zero-order chi connectivity index (χ0) is 41.5. The normalized spacial score (nSPS) is 13.0. The number of nitrogens with one attached hydrogen (secondary N) is 1. The molecule has 0 aliphatic heterocycles. The van der Waals surface area contributed by atoms with Crippen molar-refractivity contribution in [3.8, 4) is 0 Å². The van der Waals surface area contributed by atoms with E-state index < -0.39 is 12.1 Å². The minimum Gasteiger partial charge on any atom is -0.466 e. The summed E-state index contributed by atoms with van der Waals surface area (Å²) in [4.78, 5) is 24.4. The van der Waals surface area contributed by atoms with Gasteiger partial charge in [0.1, 0.15) is 0 Å². The zero-order valence-electron chi connectivity index (χ0n) is 37.8. The molecule has 0 fully saturated rings. The van der Waals surface area contributed by atoms with Gasteiger partial charge < -0.3 is 20.3 Å². The molecule has 0 rings (SSSR count). The predicted octanol–water partition coefficient (Wildman–Crippen LogP) is 14.5. The molecule has 57 heavy (non-hydrogen) atoms. The maximum Gasteiger partial charge on any atom is 0.305 e. The Labute approximate surface area is 353 Å². The van der Waals surface area contributed by atoms with Gasteiger partial charge in [-0.3, -0.25) is 9.59 Å². The van der Waals surface area contributed by atoms with E-state index >= 15 is 0 Å². The van der Waals surface area contributed by atoms with Crippen LogP contribution in [0.5, 0.6) is 0 Å². The van der Waals surface area contributed by atoms with Crippen LogP contribution in [0, 0.1) is 0 Å². The molecule has 0 aromatic rings. The van der Waals surface area contributed by atoms with Crippen LogP contribution in [0.1, 0.15) is 251 Å². The molecule has 3 N–H and O–H groups in total. The number of carbonyl (C=O) groups excluding carboxylic acids is 2. The summed E-state index contributed by atoms with van der Waals surface area (Å²) < 4.78 is 5.44. The Kier molecular flexibility index (Phi) is 45.2. The summed E-state index contributed by atoms with van der Waals surface area (Å²) >= 11 is 0. The quantitative estimate of drug-likeness (QED) is 0.0324. The van der Waals surface area contributed by atoms with Gasteiger partial charge in [-0.1, -0.05) is 217 Å². The summed E-state index contributed by atoms with van der Waals surface area (Å²) in [5, 5.41) is 23.0. The van der Waals surface area contributed by atoms with E-state index in [0.29, 0.717) is 19.4 Å². The summed E-state index contributed by atoms with van der Waals surface area (Å²) in [5.74, 6) is -0.128. The van der Waals surface area contributed by atoms with Gasteiger partial charge in [-0.15, -0.1) is 0 Å². The smallest absolute Gasteiger partial charge is 0.305 e. The minimum atomic E-state index is -0.860. The molecule has 0 aromatic heterocycles. The molecule has 0 radical (unpaired) electrons. The number of amides is 1. The molecule has 2 unspecified atom stereocenters. The molecular formula is C51H95NO5. The predicted molar refractivity (Wildman–Crippen MR) is 246 cm³/mol. The van der Waals surface area contributed by atoms with Crippen molar-refractivity contribution in [2.75, 3.05) is 13.2 Å². The number of ether oxygens (including phenoxy) is 1. The summed E-state index contributed by atoms with van der Waals surface area (Å²) in [6.07, 6.45) is 55.6. The Hall–Kier alpha value is -1.92. The van der Waals surface area contributed by atoms with Gasteiger partial charge in [0.25, 0.3) is 0 Å². The van der Waals surface area contributed by atoms with Crippen LogP contribution >= 0.6 is 0 Å². The molecule has 0 spiro atoms. The SMILES string of the molecule is CCCC/C=C\C/C=C\CCCCCCCC(=O)OCCCCCCCCCCCCC(=O)NC(CO)C(O)/C=C/CCCCCCCCCCCCCCCC. The van der Waals surface area contributed by atoms with Crippen molar-refractivity contribution >= 4 is 11.9 Å². The molecule has 0 saturated heterocycles. The van der Waals surface area contributed by atoms with Gasteiger partial charge >= 0.3 is 5.97 Å². The number of rotatable bonds is 45.